The van der Waals surface area contributed by atoms with Gasteiger partial charge in [-0.3, -0.25) is 0 Å². The zero-order valence-electron chi connectivity index (χ0n) is 10.3. The average molecular weight is 289 g/mol. The van der Waals surface area contributed by atoms with Crippen molar-refractivity contribution in [1.82, 2.24) is 4.98 Å². The molecular weight excluding hydrogens is 283 g/mol. The van der Waals surface area contributed by atoms with Gasteiger partial charge in [-0.25, -0.2) is 4.98 Å². The van der Waals surface area contributed by atoms with Crippen LogP contribution in [0, 0.1) is 22.7 Å². The van der Waals surface area contributed by atoms with Gasteiger partial charge in [-0.15, -0.1) is 0 Å². The molecule has 0 aliphatic rings. The van der Waals surface area contributed by atoms with Gasteiger partial charge in [-0.2, -0.15) is 23.7 Å². The number of rotatable bonds is 2. The van der Waals surface area contributed by atoms with E-state index < -0.39 is 17.8 Å². The third kappa shape index (κ3) is 3.10. The van der Waals surface area contributed by atoms with Crippen molar-refractivity contribution in [3.8, 4) is 23.8 Å². The van der Waals surface area contributed by atoms with E-state index in [1.54, 1.807) is 18.2 Å². The lowest BCUT2D eigenvalue weighted by Gasteiger charge is -2.10. The Morgan fingerprint density at radius 2 is 1.62 bits per heavy atom. The van der Waals surface area contributed by atoms with Gasteiger partial charge < -0.3 is 4.74 Å². The van der Waals surface area contributed by atoms with Gasteiger partial charge in [-0.05, 0) is 24.3 Å². The number of pyridine rings is 1. The van der Waals surface area contributed by atoms with Crippen LogP contribution in [-0.2, 0) is 6.18 Å². The van der Waals surface area contributed by atoms with E-state index in [2.05, 4.69) is 4.98 Å². The topological polar surface area (TPSA) is 69.7 Å². The molecule has 0 fully saturated rings. The minimum atomic E-state index is -4.65. The van der Waals surface area contributed by atoms with E-state index in [1.807, 2.05) is 6.07 Å². The van der Waals surface area contributed by atoms with Crippen molar-refractivity contribution in [1.29, 1.82) is 10.5 Å². The summed E-state index contributed by atoms with van der Waals surface area (Å²) in [6.45, 7) is 0. The highest BCUT2D eigenvalue weighted by Crippen LogP contribution is 2.32. The van der Waals surface area contributed by atoms with Crippen molar-refractivity contribution >= 4 is 0 Å². The standard InChI is InChI=1S/C14H6F3N3O/c15-14(16,17)12-6-5-10(8-19)13(20-12)21-11-4-2-1-3-9(11)7-18/h1-6H. The maximum absolute atomic E-state index is 12.6. The van der Waals surface area contributed by atoms with Crippen molar-refractivity contribution < 1.29 is 17.9 Å². The van der Waals surface area contributed by atoms with Crippen molar-refractivity contribution in [2.45, 2.75) is 6.18 Å². The number of nitriles is 2. The maximum atomic E-state index is 12.6. The fraction of sp³-hybridized carbons (Fsp3) is 0.0714. The molecular formula is C14H6F3N3O. The minimum Gasteiger partial charge on any atom is -0.436 e. The zero-order chi connectivity index (χ0) is 15.5. The lowest BCUT2D eigenvalue weighted by Crippen LogP contribution is -2.09. The van der Waals surface area contributed by atoms with Gasteiger partial charge >= 0.3 is 6.18 Å². The molecule has 1 aromatic heterocycles. The summed E-state index contributed by atoms with van der Waals surface area (Å²) >= 11 is 0. The molecule has 2 aromatic rings. The summed E-state index contributed by atoms with van der Waals surface area (Å²) in [5, 5.41) is 17.8. The molecule has 2 rings (SSSR count). The number of benzene rings is 1. The maximum Gasteiger partial charge on any atom is 0.433 e. The second kappa shape index (κ2) is 5.51. The first kappa shape index (κ1) is 14.4. The molecule has 21 heavy (non-hydrogen) atoms. The van der Waals surface area contributed by atoms with Gasteiger partial charge in [0.15, 0.2) is 0 Å². The van der Waals surface area contributed by atoms with Crippen LogP contribution in [0.2, 0.25) is 0 Å². The number of alkyl halides is 3. The molecule has 0 aliphatic heterocycles. The molecule has 0 radical (unpaired) electrons. The van der Waals surface area contributed by atoms with E-state index in [4.69, 9.17) is 15.3 Å². The number of hydrogen-bond donors (Lipinski definition) is 0. The Labute approximate surface area is 117 Å². The molecule has 0 N–H and O–H groups in total. The molecule has 1 heterocycles. The fourth-order valence-corrected chi connectivity index (χ4v) is 1.51. The zero-order valence-corrected chi connectivity index (χ0v) is 10.3. The smallest absolute Gasteiger partial charge is 0.433 e. The van der Waals surface area contributed by atoms with Crippen LogP contribution >= 0.6 is 0 Å². The Hall–Kier alpha value is -3.06. The first-order valence-corrected chi connectivity index (χ1v) is 5.61. The van der Waals surface area contributed by atoms with Gasteiger partial charge in [0.05, 0.1) is 5.56 Å². The molecule has 0 bridgehead atoms. The van der Waals surface area contributed by atoms with Crippen molar-refractivity contribution in [3.63, 3.8) is 0 Å². The third-order valence-electron chi connectivity index (χ3n) is 2.49. The van der Waals surface area contributed by atoms with Crippen LogP contribution in [0.25, 0.3) is 0 Å². The molecule has 0 aliphatic carbocycles. The van der Waals surface area contributed by atoms with Crippen LogP contribution in [0.1, 0.15) is 16.8 Å². The Kier molecular flexibility index (Phi) is 3.77. The van der Waals surface area contributed by atoms with Crippen LogP contribution in [0.5, 0.6) is 11.6 Å². The number of hydrogen-bond acceptors (Lipinski definition) is 4. The van der Waals surface area contributed by atoms with Crippen LogP contribution in [0.15, 0.2) is 36.4 Å². The first-order valence-electron chi connectivity index (χ1n) is 5.61. The lowest BCUT2D eigenvalue weighted by atomic mass is 10.2. The van der Waals surface area contributed by atoms with Gasteiger partial charge in [0.2, 0.25) is 5.88 Å². The lowest BCUT2D eigenvalue weighted by molar-refractivity contribution is -0.141. The molecule has 0 unspecified atom stereocenters. The van der Waals surface area contributed by atoms with Crippen LogP contribution in [0.4, 0.5) is 13.2 Å². The van der Waals surface area contributed by atoms with Crippen LogP contribution < -0.4 is 4.74 Å². The fourth-order valence-electron chi connectivity index (χ4n) is 1.51. The normalized spacial score (nSPS) is 10.5. The molecule has 1 aromatic carbocycles. The Morgan fingerprint density at radius 1 is 0.952 bits per heavy atom. The summed E-state index contributed by atoms with van der Waals surface area (Å²) < 4.78 is 43.1. The van der Waals surface area contributed by atoms with Crippen molar-refractivity contribution in [3.05, 3.63) is 53.2 Å². The Balaban J connectivity index is 2.48. The molecule has 7 heteroatoms. The second-order valence-electron chi connectivity index (χ2n) is 3.87. The first-order chi connectivity index (χ1) is 9.95. The largest absolute Gasteiger partial charge is 0.436 e. The second-order valence-corrected chi connectivity index (χ2v) is 3.87. The predicted molar refractivity (Wildman–Crippen MR) is 65.2 cm³/mol. The van der Waals surface area contributed by atoms with E-state index in [1.165, 1.54) is 12.1 Å². The summed E-state index contributed by atoms with van der Waals surface area (Å²) in [5.74, 6) is -0.460. The van der Waals surface area contributed by atoms with E-state index in [0.717, 1.165) is 6.07 Å². The monoisotopic (exact) mass is 289 g/mol. The number of ether oxygens (including phenoxy) is 1. The molecule has 0 spiro atoms. The van der Waals surface area contributed by atoms with E-state index in [0.29, 0.717) is 6.07 Å². The summed E-state index contributed by atoms with van der Waals surface area (Å²) in [5.41, 5.74) is -1.21. The molecule has 104 valence electrons. The highest BCUT2D eigenvalue weighted by Gasteiger charge is 2.33. The van der Waals surface area contributed by atoms with E-state index in [9.17, 15) is 13.2 Å². The molecule has 4 nitrogen and oxygen atoms in total. The molecule has 0 saturated carbocycles. The van der Waals surface area contributed by atoms with Crippen LogP contribution in [-0.4, -0.2) is 4.98 Å². The summed E-state index contributed by atoms with van der Waals surface area (Å²) in [7, 11) is 0. The minimum absolute atomic E-state index is 0.0309. The Bertz CT molecular complexity index is 757. The van der Waals surface area contributed by atoms with Crippen LogP contribution in [0.3, 0.4) is 0 Å². The van der Waals surface area contributed by atoms with E-state index in [-0.39, 0.29) is 16.9 Å². The van der Waals surface area contributed by atoms with E-state index >= 15 is 0 Å². The quantitative estimate of drug-likeness (QED) is 0.846. The number of halogens is 3. The SMILES string of the molecule is N#Cc1ccccc1Oc1nc(C(F)(F)F)ccc1C#N. The van der Waals surface area contributed by atoms with Crippen molar-refractivity contribution in [2.24, 2.45) is 0 Å². The number of nitrogens with zero attached hydrogens (tertiary/aromatic N) is 3. The van der Waals surface area contributed by atoms with Gasteiger partial charge in [-0.1, -0.05) is 12.1 Å². The summed E-state index contributed by atoms with van der Waals surface area (Å²) in [6, 6.07) is 11.2. The predicted octanol–water partition coefficient (Wildman–Crippen LogP) is 3.64. The summed E-state index contributed by atoms with van der Waals surface area (Å²) in [4.78, 5) is 3.31. The molecule has 0 amide bonds. The summed E-state index contributed by atoms with van der Waals surface area (Å²) in [6.07, 6.45) is -4.65. The van der Waals surface area contributed by atoms with Gasteiger partial charge in [0.25, 0.3) is 0 Å². The van der Waals surface area contributed by atoms with Gasteiger partial charge in [0, 0.05) is 0 Å². The Morgan fingerprint density at radius 3 is 2.24 bits per heavy atom. The van der Waals surface area contributed by atoms with Crippen molar-refractivity contribution in [2.75, 3.05) is 0 Å². The highest BCUT2D eigenvalue weighted by atomic mass is 19.4. The molecule has 0 saturated heterocycles. The molecule has 0 atom stereocenters. The number of para-hydroxylation sites is 1. The average Bonchev–Trinajstić information content (AvgIpc) is 2.47. The number of aromatic nitrogens is 1. The highest BCUT2D eigenvalue weighted by molar-refractivity contribution is 5.47. The third-order valence-corrected chi connectivity index (χ3v) is 2.49. The van der Waals surface area contributed by atoms with Gasteiger partial charge in [0.1, 0.15) is 29.1 Å².